The lowest BCUT2D eigenvalue weighted by molar-refractivity contribution is -0.00582. The molecule has 0 N–H and O–H groups in total. The predicted molar refractivity (Wildman–Crippen MR) is 117 cm³/mol. The molecule has 0 aromatic carbocycles. The number of carbonyl (C=O) groups excluding carboxylic acids is 1. The smallest absolute Gasteiger partial charge is 0.410 e. The Balaban J connectivity index is 2.05. The first-order valence-corrected chi connectivity index (χ1v) is 11.1. The van der Waals surface area contributed by atoms with Crippen LogP contribution in [0.1, 0.15) is 78.6 Å². The van der Waals surface area contributed by atoms with Crippen molar-refractivity contribution in [1.29, 1.82) is 0 Å². The third-order valence-corrected chi connectivity index (χ3v) is 5.35. The molecule has 1 amide bonds. The lowest BCUT2D eigenvalue weighted by atomic mass is 9.92. The molecule has 5 heteroatoms. The molecule has 0 bridgehead atoms. The molecule has 1 saturated carbocycles. The molecule has 1 aliphatic rings. The van der Waals surface area contributed by atoms with E-state index >= 15 is 0 Å². The molecule has 1 rings (SSSR count). The van der Waals surface area contributed by atoms with Gasteiger partial charge in [-0.2, -0.15) is 0 Å². The van der Waals surface area contributed by atoms with Crippen molar-refractivity contribution in [3.63, 3.8) is 0 Å². The van der Waals surface area contributed by atoms with Gasteiger partial charge in [-0.05, 0) is 72.9 Å². The van der Waals surface area contributed by atoms with Gasteiger partial charge in [0.1, 0.15) is 5.60 Å². The van der Waals surface area contributed by atoms with Gasteiger partial charge in [-0.15, -0.1) is 6.58 Å². The quantitative estimate of drug-likeness (QED) is 0.334. The molecular formula is C23H44N2O3. The second-order valence-electron chi connectivity index (χ2n) is 9.21. The van der Waals surface area contributed by atoms with E-state index in [1.807, 2.05) is 33.9 Å². The Bertz CT molecular complexity index is 440. The summed E-state index contributed by atoms with van der Waals surface area (Å²) in [6.07, 6.45) is 12.4. The summed E-state index contributed by atoms with van der Waals surface area (Å²) in [6.45, 7) is 12.5. The first-order valence-electron chi connectivity index (χ1n) is 11.1. The summed E-state index contributed by atoms with van der Waals surface area (Å²) in [5.74, 6) is 0. The first-order chi connectivity index (χ1) is 13.2. The van der Waals surface area contributed by atoms with Gasteiger partial charge in [0, 0.05) is 26.2 Å². The molecule has 0 heterocycles. The summed E-state index contributed by atoms with van der Waals surface area (Å²) in [4.78, 5) is 16.3. The van der Waals surface area contributed by atoms with Crippen molar-refractivity contribution in [2.45, 2.75) is 96.3 Å². The average Bonchev–Trinajstić information content (AvgIpc) is 2.62. The highest BCUT2D eigenvalue weighted by Crippen LogP contribution is 2.26. The van der Waals surface area contributed by atoms with Crippen LogP contribution in [-0.2, 0) is 9.47 Å². The highest BCUT2D eigenvalue weighted by atomic mass is 16.6. The fourth-order valence-corrected chi connectivity index (χ4v) is 3.66. The molecular weight excluding hydrogens is 352 g/mol. The second kappa shape index (κ2) is 13.2. The van der Waals surface area contributed by atoms with E-state index < -0.39 is 5.60 Å². The number of hydrogen-bond acceptors (Lipinski definition) is 4. The molecule has 0 aromatic rings. The lowest BCUT2D eigenvalue weighted by Gasteiger charge is -2.35. The molecule has 0 spiro atoms. The number of hydrogen-bond donors (Lipinski definition) is 0. The maximum atomic E-state index is 12.2. The van der Waals surface area contributed by atoms with E-state index in [4.69, 9.17) is 9.47 Å². The summed E-state index contributed by atoms with van der Waals surface area (Å²) in [7, 11) is 4.00. The number of ether oxygens (including phenoxy) is 2. The van der Waals surface area contributed by atoms with Crippen molar-refractivity contribution in [2.24, 2.45) is 0 Å². The van der Waals surface area contributed by atoms with Crippen LogP contribution in [0, 0.1) is 0 Å². The number of rotatable bonds is 12. The Morgan fingerprint density at radius 3 is 2.25 bits per heavy atom. The summed E-state index contributed by atoms with van der Waals surface area (Å²) >= 11 is 0. The van der Waals surface area contributed by atoms with Crippen LogP contribution >= 0.6 is 0 Å². The van der Waals surface area contributed by atoms with Crippen molar-refractivity contribution in [3.8, 4) is 0 Å². The Morgan fingerprint density at radius 2 is 1.64 bits per heavy atom. The fourth-order valence-electron chi connectivity index (χ4n) is 3.66. The monoisotopic (exact) mass is 396 g/mol. The van der Waals surface area contributed by atoms with Gasteiger partial charge in [0.25, 0.3) is 0 Å². The van der Waals surface area contributed by atoms with E-state index in [1.165, 1.54) is 25.7 Å². The van der Waals surface area contributed by atoms with Gasteiger partial charge in [0.15, 0.2) is 0 Å². The summed E-state index contributed by atoms with van der Waals surface area (Å²) in [5.41, 5.74) is -0.437. The average molecular weight is 397 g/mol. The van der Waals surface area contributed by atoms with Crippen LogP contribution in [0.2, 0.25) is 0 Å². The van der Waals surface area contributed by atoms with Crippen LogP contribution in [0.25, 0.3) is 0 Å². The normalized spacial score (nSPS) is 20.2. The van der Waals surface area contributed by atoms with E-state index in [0.29, 0.717) is 6.10 Å². The summed E-state index contributed by atoms with van der Waals surface area (Å²) in [6, 6.07) is 0.272. The third kappa shape index (κ3) is 11.1. The molecule has 1 aliphatic carbocycles. The van der Waals surface area contributed by atoms with Gasteiger partial charge in [-0.1, -0.05) is 25.3 Å². The molecule has 1 fully saturated rings. The zero-order valence-electron chi connectivity index (χ0n) is 19.0. The summed E-state index contributed by atoms with van der Waals surface area (Å²) < 4.78 is 11.5. The highest BCUT2D eigenvalue weighted by molar-refractivity contribution is 5.68. The van der Waals surface area contributed by atoms with Crippen molar-refractivity contribution >= 4 is 6.09 Å². The SMILES string of the molecule is C=CCN(C)CCCCCCCO[C@H]1CC[C@H](N(C)C(=O)OC(C)(C)C)CC1. The second-order valence-corrected chi connectivity index (χ2v) is 9.21. The topological polar surface area (TPSA) is 42.0 Å². The Morgan fingerprint density at radius 1 is 1.04 bits per heavy atom. The lowest BCUT2D eigenvalue weighted by Crippen LogP contribution is -2.43. The van der Waals surface area contributed by atoms with Crippen molar-refractivity contribution in [3.05, 3.63) is 12.7 Å². The van der Waals surface area contributed by atoms with E-state index in [2.05, 4.69) is 18.5 Å². The number of unbranched alkanes of at least 4 members (excludes halogenated alkanes) is 4. The van der Waals surface area contributed by atoms with E-state index in [1.54, 1.807) is 4.90 Å². The van der Waals surface area contributed by atoms with Crippen molar-refractivity contribution in [1.82, 2.24) is 9.80 Å². The maximum Gasteiger partial charge on any atom is 0.410 e. The van der Waals surface area contributed by atoms with E-state index in [0.717, 1.165) is 51.8 Å². The van der Waals surface area contributed by atoms with Gasteiger partial charge in [0.05, 0.1) is 6.10 Å². The Hall–Kier alpha value is -1.07. The zero-order valence-corrected chi connectivity index (χ0v) is 19.0. The molecule has 5 nitrogen and oxygen atoms in total. The van der Waals surface area contributed by atoms with Crippen LogP contribution in [0.15, 0.2) is 12.7 Å². The van der Waals surface area contributed by atoms with Crippen LogP contribution in [0.5, 0.6) is 0 Å². The minimum atomic E-state index is -0.437. The Kier molecular flexibility index (Phi) is 11.8. The fraction of sp³-hybridized carbons (Fsp3) is 0.870. The molecule has 0 radical (unpaired) electrons. The highest BCUT2D eigenvalue weighted by Gasteiger charge is 2.29. The number of carbonyl (C=O) groups is 1. The molecule has 164 valence electrons. The first kappa shape index (κ1) is 25.0. The largest absolute Gasteiger partial charge is 0.444 e. The summed E-state index contributed by atoms with van der Waals surface area (Å²) in [5, 5.41) is 0. The predicted octanol–water partition coefficient (Wildman–Crippen LogP) is 5.25. The minimum absolute atomic E-state index is 0.215. The van der Waals surface area contributed by atoms with Gasteiger partial charge < -0.3 is 19.3 Å². The van der Waals surface area contributed by atoms with Crippen LogP contribution < -0.4 is 0 Å². The van der Waals surface area contributed by atoms with Crippen molar-refractivity contribution < 1.29 is 14.3 Å². The van der Waals surface area contributed by atoms with Gasteiger partial charge in [0.2, 0.25) is 0 Å². The minimum Gasteiger partial charge on any atom is -0.444 e. The van der Waals surface area contributed by atoms with Gasteiger partial charge in [-0.3, -0.25) is 0 Å². The number of nitrogens with zero attached hydrogens (tertiary/aromatic N) is 2. The molecule has 0 aromatic heterocycles. The van der Waals surface area contributed by atoms with Crippen LogP contribution in [-0.4, -0.2) is 67.4 Å². The zero-order chi connectivity index (χ0) is 21.0. The van der Waals surface area contributed by atoms with Crippen LogP contribution in [0.3, 0.4) is 0 Å². The molecule has 0 saturated heterocycles. The van der Waals surface area contributed by atoms with E-state index in [9.17, 15) is 4.79 Å². The van der Waals surface area contributed by atoms with Gasteiger partial charge >= 0.3 is 6.09 Å². The molecule has 0 atom stereocenters. The number of amides is 1. The van der Waals surface area contributed by atoms with Crippen LogP contribution in [0.4, 0.5) is 4.79 Å². The number of likely N-dealkylation sites (N-methyl/N-ethyl adjacent to an activating group) is 1. The standard InChI is InChI=1S/C23H44N2O3/c1-7-17-24(5)18-11-9-8-10-12-19-27-21-15-13-20(14-16-21)25(6)22(26)28-23(2,3)4/h7,20-21H,1,8-19H2,2-6H3/t20-,21-. The van der Waals surface area contributed by atoms with Crippen molar-refractivity contribution in [2.75, 3.05) is 33.8 Å². The Labute approximate surface area is 173 Å². The maximum absolute atomic E-state index is 12.2. The molecule has 0 aliphatic heterocycles. The molecule has 28 heavy (non-hydrogen) atoms. The third-order valence-electron chi connectivity index (χ3n) is 5.35. The van der Waals surface area contributed by atoms with E-state index in [-0.39, 0.29) is 12.1 Å². The van der Waals surface area contributed by atoms with Gasteiger partial charge in [-0.25, -0.2) is 4.79 Å². The molecule has 0 unspecified atom stereocenters.